The minimum atomic E-state index is 0.579. The first-order valence-electron chi connectivity index (χ1n) is 3.90. The topological polar surface area (TPSA) is 38.9 Å². The van der Waals surface area contributed by atoms with Gasteiger partial charge in [-0.2, -0.15) is 0 Å². The molecule has 2 nitrogen and oxygen atoms in total. The molecule has 0 aliphatic rings. The van der Waals surface area contributed by atoms with Crippen molar-refractivity contribution in [1.29, 1.82) is 0 Å². The molecule has 0 spiro atoms. The number of pyridine rings is 1. The van der Waals surface area contributed by atoms with Gasteiger partial charge in [-0.25, -0.2) is 4.98 Å². The molecule has 12 heavy (non-hydrogen) atoms. The van der Waals surface area contributed by atoms with Gasteiger partial charge in [0.25, 0.3) is 0 Å². The van der Waals surface area contributed by atoms with E-state index in [1.54, 1.807) is 11.8 Å². The van der Waals surface area contributed by atoms with E-state index in [4.69, 9.17) is 5.73 Å². The van der Waals surface area contributed by atoms with E-state index in [2.05, 4.69) is 18.0 Å². The number of thioether (sulfide) groups is 1. The van der Waals surface area contributed by atoms with Crippen molar-refractivity contribution in [3.8, 4) is 0 Å². The molecule has 0 aliphatic carbocycles. The van der Waals surface area contributed by atoms with Gasteiger partial charge in [0.1, 0.15) is 5.03 Å². The van der Waals surface area contributed by atoms with E-state index in [1.807, 2.05) is 13.2 Å². The quantitative estimate of drug-likeness (QED) is 0.710. The summed E-state index contributed by atoms with van der Waals surface area (Å²) in [6, 6.07) is 2.07. The molecule has 0 saturated carbocycles. The van der Waals surface area contributed by atoms with Gasteiger partial charge < -0.3 is 5.73 Å². The van der Waals surface area contributed by atoms with Gasteiger partial charge in [0.2, 0.25) is 0 Å². The average Bonchev–Trinajstić information content (AvgIpc) is 2.03. The van der Waals surface area contributed by atoms with E-state index < -0.39 is 0 Å². The molecule has 0 saturated heterocycles. The van der Waals surface area contributed by atoms with Gasteiger partial charge >= 0.3 is 0 Å². The van der Waals surface area contributed by atoms with Crippen LogP contribution in [-0.4, -0.2) is 11.2 Å². The minimum Gasteiger partial charge on any atom is -0.326 e. The Kier molecular flexibility index (Phi) is 3.12. The lowest BCUT2D eigenvalue weighted by molar-refractivity contribution is 0.924. The summed E-state index contributed by atoms with van der Waals surface area (Å²) in [5.74, 6) is 0. The number of hydrogen-bond acceptors (Lipinski definition) is 3. The van der Waals surface area contributed by atoms with Crippen molar-refractivity contribution in [2.24, 2.45) is 5.73 Å². The van der Waals surface area contributed by atoms with Gasteiger partial charge in [0, 0.05) is 17.8 Å². The van der Waals surface area contributed by atoms with Crippen molar-refractivity contribution in [2.75, 3.05) is 6.26 Å². The van der Waals surface area contributed by atoms with Gasteiger partial charge in [-0.1, -0.05) is 0 Å². The lowest BCUT2D eigenvalue weighted by Gasteiger charge is -2.08. The van der Waals surface area contributed by atoms with Crippen LogP contribution in [0.5, 0.6) is 0 Å². The van der Waals surface area contributed by atoms with Gasteiger partial charge in [0.15, 0.2) is 0 Å². The number of rotatable bonds is 2. The highest BCUT2D eigenvalue weighted by Gasteiger charge is 2.05. The van der Waals surface area contributed by atoms with Crippen LogP contribution >= 0.6 is 11.8 Å². The Balaban J connectivity index is 3.24. The maximum absolute atomic E-state index is 5.62. The van der Waals surface area contributed by atoms with Gasteiger partial charge in [-0.05, 0) is 31.7 Å². The van der Waals surface area contributed by atoms with Crippen LogP contribution in [-0.2, 0) is 6.54 Å². The molecule has 0 unspecified atom stereocenters. The van der Waals surface area contributed by atoms with Crippen LogP contribution < -0.4 is 5.73 Å². The normalized spacial score (nSPS) is 10.3. The molecule has 0 aromatic carbocycles. The first kappa shape index (κ1) is 9.55. The van der Waals surface area contributed by atoms with Gasteiger partial charge in [0.05, 0.1) is 0 Å². The minimum absolute atomic E-state index is 0.579. The summed E-state index contributed by atoms with van der Waals surface area (Å²) in [6.07, 6.45) is 2.03. The van der Waals surface area contributed by atoms with Crippen molar-refractivity contribution < 1.29 is 0 Å². The van der Waals surface area contributed by atoms with Crippen molar-refractivity contribution in [3.63, 3.8) is 0 Å². The van der Waals surface area contributed by atoms with Gasteiger partial charge in [-0.3, -0.25) is 0 Å². The second-order valence-electron chi connectivity index (χ2n) is 2.77. The summed E-state index contributed by atoms with van der Waals surface area (Å²) in [5.41, 5.74) is 9.11. The Labute approximate surface area is 77.6 Å². The molecule has 3 heteroatoms. The van der Waals surface area contributed by atoms with E-state index in [0.717, 1.165) is 10.7 Å². The van der Waals surface area contributed by atoms with Crippen LogP contribution in [0, 0.1) is 13.8 Å². The van der Waals surface area contributed by atoms with Crippen LogP contribution in [0.4, 0.5) is 0 Å². The molecule has 0 fully saturated rings. The third kappa shape index (κ3) is 1.79. The average molecular weight is 182 g/mol. The standard InChI is InChI=1S/C9H14N2S/c1-6-4-7(2)11-9(12-3)8(6)5-10/h4H,5,10H2,1-3H3. The number of nitrogens with two attached hydrogens (primary N) is 1. The zero-order chi connectivity index (χ0) is 9.14. The predicted molar refractivity (Wildman–Crippen MR) is 53.4 cm³/mol. The van der Waals surface area contributed by atoms with Crippen LogP contribution in [0.2, 0.25) is 0 Å². The third-order valence-electron chi connectivity index (χ3n) is 1.83. The van der Waals surface area contributed by atoms with Crippen LogP contribution in [0.1, 0.15) is 16.8 Å². The van der Waals surface area contributed by atoms with E-state index in [0.29, 0.717) is 6.54 Å². The lowest BCUT2D eigenvalue weighted by Crippen LogP contribution is -2.03. The molecular formula is C9H14N2S. The Morgan fingerprint density at radius 1 is 1.50 bits per heavy atom. The first-order valence-corrected chi connectivity index (χ1v) is 5.12. The summed E-state index contributed by atoms with van der Waals surface area (Å²) in [4.78, 5) is 4.41. The van der Waals surface area contributed by atoms with Crippen LogP contribution in [0.25, 0.3) is 0 Å². The highest BCUT2D eigenvalue weighted by atomic mass is 32.2. The molecule has 0 radical (unpaired) electrons. The fourth-order valence-electron chi connectivity index (χ4n) is 1.25. The highest BCUT2D eigenvalue weighted by Crippen LogP contribution is 2.21. The molecule has 0 bridgehead atoms. The van der Waals surface area contributed by atoms with Crippen LogP contribution in [0.15, 0.2) is 11.1 Å². The van der Waals surface area contributed by atoms with E-state index in [9.17, 15) is 0 Å². The molecule has 0 aliphatic heterocycles. The molecule has 1 aromatic heterocycles. The first-order chi connectivity index (χ1) is 5.69. The van der Waals surface area contributed by atoms with Gasteiger partial charge in [-0.15, -0.1) is 11.8 Å². The smallest absolute Gasteiger partial charge is 0.101 e. The van der Waals surface area contributed by atoms with Crippen molar-refractivity contribution in [3.05, 3.63) is 22.9 Å². The fraction of sp³-hybridized carbons (Fsp3) is 0.444. The number of hydrogen-bond donors (Lipinski definition) is 1. The zero-order valence-corrected chi connectivity index (χ0v) is 8.53. The molecule has 1 rings (SSSR count). The second-order valence-corrected chi connectivity index (χ2v) is 3.57. The SMILES string of the molecule is CSc1nc(C)cc(C)c1CN. The number of nitrogens with zero attached hydrogens (tertiary/aromatic N) is 1. The van der Waals surface area contributed by atoms with E-state index >= 15 is 0 Å². The summed E-state index contributed by atoms with van der Waals surface area (Å²) in [7, 11) is 0. The molecular weight excluding hydrogens is 168 g/mol. The zero-order valence-electron chi connectivity index (χ0n) is 7.72. The molecule has 0 atom stereocenters. The summed E-state index contributed by atoms with van der Waals surface area (Å²) in [6.45, 7) is 4.67. The molecule has 66 valence electrons. The molecule has 2 N–H and O–H groups in total. The fourth-order valence-corrected chi connectivity index (χ4v) is 1.97. The Hall–Kier alpha value is -0.540. The number of aromatic nitrogens is 1. The Morgan fingerprint density at radius 3 is 2.67 bits per heavy atom. The molecule has 1 aromatic rings. The highest BCUT2D eigenvalue weighted by molar-refractivity contribution is 7.98. The largest absolute Gasteiger partial charge is 0.326 e. The summed E-state index contributed by atoms with van der Waals surface area (Å²) < 4.78 is 0. The predicted octanol–water partition coefficient (Wildman–Crippen LogP) is 1.88. The third-order valence-corrected chi connectivity index (χ3v) is 2.56. The van der Waals surface area contributed by atoms with Crippen molar-refractivity contribution in [1.82, 2.24) is 4.98 Å². The summed E-state index contributed by atoms with van der Waals surface area (Å²) in [5, 5.41) is 1.06. The molecule has 1 heterocycles. The maximum Gasteiger partial charge on any atom is 0.101 e. The Bertz CT molecular complexity index is 284. The summed E-state index contributed by atoms with van der Waals surface area (Å²) >= 11 is 1.66. The molecule has 0 amide bonds. The van der Waals surface area contributed by atoms with Crippen molar-refractivity contribution >= 4 is 11.8 Å². The van der Waals surface area contributed by atoms with E-state index in [-0.39, 0.29) is 0 Å². The monoisotopic (exact) mass is 182 g/mol. The van der Waals surface area contributed by atoms with Crippen molar-refractivity contribution in [2.45, 2.75) is 25.4 Å². The van der Waals surface area contributed by atoms with Crippen LogP contribution in [0.3, 0.4) is 0 Å². The number of aryl methyl sites for hydroxylation is 2. The van der Waals surface area contributed by atoms with E-state index in [1.165, 1.54) is 11.1 Å². The second kappa shape index (κ2) is 3.92. The Morgan fingerprint density at radius 2 is 2.17 bits per heavy atom. The maximum atomic E-state index is 5.62. The lowest BCUT2D eigenvalue weighted by atomic mass is 10.1.